The molecule has 0 aliphatic carbocycles. The van der Waals surface area contributed by atoms with Gasteiger partial charge in [-0.05, 0) is 59.5 Å². The Kier molecular flexibility index (Phi) is 4.96. The SMILES string of the molecule is O=C(O)C1CCCCN1C(c1ccsc1)c1cccc(Br)c1. The third kappa shape index (κ3) is 3.26. The van der Waals surface area contributed by atoms with Crippen LogP contribution in [0.3, 0.4) is 0 Å². The van der Waals surface area contributed by atoms with Gasteiger partial charge in [0.2, 0.25) is 0 Å². The second-order valence-electron chi connectivity index (χ2n) is 5.60. The lowest BCUT2D eigenvalue weighted by atomic mass is 9.93. The van der Waals surface area contributed by atoms with Crippen molar-refractivity contribution >= 4 is 33.2 Å². The molecule has 0 saturated carbocycles. The van der Waals surface area contributed by atoms with Crippen molar-refractivity contribution < 1.29 is 9.90 Å². The smallest absolute Gasteiger partial charge is 0.320 e. The number of carboxylic acids is 1. The Morgan fingerprint density at radius 3 is 2.86 bits per heavy atom. The lowest BCUT2D eigenvalue weighted by molar-refractivity contribution is -0.145. The quantitative estimate of drug-likeness (QED) is 0.847. The molecular weight excluding hydrogens is 362 g/mol. The molecule has 1 N–H and O–H groups in total. The maximum atomic E-state index is 11.7. The first kappa shape index (κ1) is 15.7. The average molecular weight is 380 g/mol. The number of carbonyl (C=O) groups is 1. The van der Waals surface area contributed by atoms with Crippen LogP contribution in [0.1, 0.15) is 36.4 Å². The van der Waals surface area contributed by atoms with Crippen LogP contribution in [0, 0.1) is 0 Å². The molecule has 1 saturated heterocycles. The average Bonchev–Trinajstić information content (AvgIpc) is 3.02. The van der Waals surface area contributed by atoms with E-state index in [0.29, 0.717) is 0 Å². The highest BCUT2D eigenvalue weighted by Gasteiger charge is 2.35. The van der Waals surface area contributed by atoms with Crippen LogP contribution in [0.15, 0.2) is 45.6 Å². The molecule has 1 aromatic heterocycles. The summed E-state index contributed by atoms with van der Waals surface area (Å²) in [5.74, 6) is -0.713. The number of hydrogen-bond acceptors (Lipinski definition) is 3. The summed E-state index contributed by atoms with van der Waals surface area (Å²) < 4.78 is 1.02. The van der Waals surface area contributed by atoms with Crippen molar-refractivity contribution in [2.24, 2.45) is 0 Å². The van der Waals surface area contributed by atoms with Crippen molar-refractivity contribution in [1.82, 2.24) is 4.90 Å². The fourth-order valence-corrected chi connectivity index (χ4v) is 4.31. The van der Waals surface area contributed by atoms with E-state index in [1.807, 2.05) is 12.1 Å². The Morgan fingerprint density at radius 2 is 2.18 bits per heavy atom. The fraction of sp³-hybridized carbons (Fsp3) is 0.353. The van der Waals surface area contributed by atoms with Crippen molar-refractivity contribution in [3.8, 4) is 0 Å². The van der Waals surface area contributed by atoms with E-state index in [2.05, 4.69) is 49.8 Å². The second-order valence-corrected chi connectivity index (χ2v) is 7.30. The molecule has 1 aromatic carbocycles. The zero-order valence-electron chi connectivity index (χ0n) is 12.1. The second kappa shape index (κ2) is 6.94. The Bertz CT molecular complexity index is 644. The molecule has 0 amide bonds. The highest BCUT2D eigenvalue weighted by molar-refractivity contribution is 9.10. The Morgan fingerprint density at radius 1 is 1.32 bits per heavy atom. The van der Waals surface area contributed by atoms with Gasteiger partial charge in [-0.1, -0.05) is 34.5 Å². The molecule has 2 atom stereocenters. The van der Waals surface area contributed by atoms with Crippen LogP contribution in [-0.4, -0.2) is 28.6 Å². The number of piperidine rings is 1. The molecule has 1 aliphatic heterocycles. The highest BCUT2D eigenvalue weighted by atomic mass is 79.9. The van der Waals surface area contributed by atoms with Crippen molar-refractivity contribution in [2.75, 3.05) is 6.54 Å². The first-order valence-electron chi connectivity index (χ1n) is 7.43. The Balaban J connectivity index is 2.03. The highest BCUT2D eigenvalue weighted by Crippen LogP contribution is 2.35. The van der Waals surface area contributed by atoms with Gasteiger partial charge < -0.3 is 5.11 Å². The van der Waals surface area contributed by atoms with Crippen LogP contribution in [-0.2, 0) is 4.79 Å². The number of benzene rings is 1. The Hall–Kier alpha value is -1.17. The van der Waals surface area contributed by atoms with Gasteiger partial charge in [0.1, 0.15) is 6.04 Å². The zero-order chi connectivity index (χ0) is 15.5. The van der Waals surface area contributed by atoms with Crippen LogP contribution in [0.25, 0.3) is 0 Å². The predicted octanol–water partition coefficient (Wildman–Crippen LogP) is 4.54. The first-order chi connectivity index (χ1) is 10.7. The minimum Gasteiger partial charge on any atom is -0.480 e. The number of hydrogen-bond donors (Lipinski definition) is 1. The molecular formula is C17H18BrNO2S. The number of rotatable bonds is 4. The van der Waals surface area contributed by atoms with E-state index in [1.165, 1.54) is 5.56 Å². The number of thiophene rings is 1. The van der Waals surface area contributed by atoms with Crippen LogP contribution in [0.2, 0.25) is 0 Å². The van der Waals surface area contributed by atoms with Crippen molar-refractivity contribution in [1.29, 1.82) is 0 Å². The van der Waals surface area contributed by atoms with Gasteiger partial charge in [-0.15, -0.1) is 0 Å². The molecule has 22 heavy (non-hydrogen) atoms. The number of carboxylic acid groups (broad SMARTS) is 1. The number of nitrogens with zero attached hydrogens (tertiary/aromatic N) is 1. The maximum absolute atomic E-state index is 11.7. The van der Waals surface area contributed by atoms with Gasteiger partial charge in [-0.25, -0.2) is 0 Å². The number of likely N-dealkylation sites (tertiary alicyclic amines) is 1. The standard InChI is InChI=1S/C17H18BrNO2S/c18-14-5-3-4-12(10-14)16(13-7-9-22-11-13)19-8-2-1-6-15(19)17(20)21/h3-5,7,9-11,15-16H,1-2,6,8H2,(H,20,21). The molecule has 2 aromatic rings. The van der Waals surface area contributed by atoms with Gasteiger partial charge in [-0.3, -0.25) is 9.69 Å². The summed E-state index contributed by atoms with van der Waals surface area (Å²) in [6.07, 6.45) is 2.77. The van der Waals surface area contributed by atoms with E-state index in [4.69, 9.17) is 0 Å². The van der Waals surface area contributed by atoms with Crippen LogP contribution in [0.4, 0.5) is 0 Å². The predicted molar refractivity (Wildman–Crippen MR) is 92.3 cm³/mol. The van der Waals surface area contributed by atoms with Gasteiger partial charge in [0.05, 0.1) is 6.04 Å². The van der Waals surface area contributed by atoms with Gasteiger partial charge in [0.25, 0.3) is 0 Å². The van der Waals surface area contributed by atoms with Crippen molar-refractivity contribution in [2.45, 2.75) is 31.3 Å². The summed E-state index contributed by atoms with van der Waals surface area (Å²) in [5.41, 5.74) is 2.32. The lowest BCUT2D eigenvalue weighted by Crippen LogP contribution is -2.46. The zero-order valence-corrected chi connectivity index (χ0v) is 14.5. The summed E-state index contributed by atoms with van der Waals surface area (Å²) in [7, 11) is 0. The topological polar surface area (TPSA) is 40.5 Å². The van der Waals surface area contributed by atoms with Gasteiger partial charge in [-0.2, -0.15) is 11.3 Å². The lowest BCUT2D eigenvalue weighted by Gasteiger charge is -2.39. The van der Waals surface area contributed by atoms with E-state index in [9.17, 15) is 9.90 Å². The van der Waals surface area contributed by atoms with Gasteiger partial charge >= 0.3 is 5.97 Å². The van der Waals surface area contributed by atoms with Crippen LogP contribution < -0.4 is 0 Å². The third-order valence-corrected chi connectivity index (χ3v) is 5.38. The normalized spacial score (nSPS) is 20.7. The fourth-order valence-electron chi connectivity index (χ4n) is 3.21. The molecule has 5 heteroatoms. The van der Waals surface area contributed by atoms with E-state index in [0.717, 1.165) is 35.8 Å². The number of halogens is 1. The summed E-state index contributed by atoms with van der Waals surface area (Å²) >= 11 is 5.18. The van der Waals surface area contributed by atoms with E-state index in [1.54, 1.807) is 11.3 Å². The molecule has 0 bridgehead atoms. The molecule has 0 radical (unpaired) electrons. The van der Waals surface area contributed by atoms with Crippen molar-refractivity contribution in [3.63, 3.8) is 0 Å². The third-order valence-electron chi connectivity index (χ3n) is 4.18. The molecule has 1 fully saturated rings. The minimum atomic E-state index is -0.713. The molecule has 0 spiro atoms. The van der Waals surface area contributed by atoms with Gasteiger partial charge in [0, 0.05) is 4.47 Å². The molecule has 3 nitrogen and oxygen atoms in total. The maximum Gasteiger partial charge on any atom is 0.320 e. The summed E-state index contributed by atoms with van der Waals surface area (Å²) in [6, 6.07) is 9.89. The first-order valence-corrected chi connectivity index (χ1v) is 9.16. The monoisotopic (exact) mass is 379 g/mol. The largest absolute Gasteiger partial charge is 0.480 e. The van der Waals surface area contributed by atoms with Crippen LogP contribution in [0.5, 0.6) is 0 Å². The summed E-state index contributed by atoms with van der Waals surface area (Å²) in [5, 5.41) is 13.8. The molecule has 2 heterocycles. The van der Waals surface area contributed by atoms with Crippen molar-refractivity contribution in [3.05, 3.63) is 56.7 Å². The number of aliphatic carboxylic acids is 1. The van der Waals surface area contributed by atoms with E-state index in [-0.39, 0.29) is 6.04 Å². The molecule has 116 valence electrons. The molecule has 2 unspecified atom stereocenters. The minimum absolute atomic E-state index is 0.00477. The van der Waals surface area contributed by atoms with Gasteiger partial charge in [0.15, 0.2) is 0 Å². The van der Waals surface area contributed by atoms with Crippen LogP contribution >= 0.6 is 27.3 Å². The van der Waals surface area contributed by atoms with E-state index >= 15 is 0 Å². The molecule has 1 aliphatic rings. The van der Waals surface area contributed by atoms with E-state index < -0.39 is 12.0 Å². The molecule has 3 rings (SSSR count). The summed E-state index contributed by atoms with van der Waals surface area (Å²) in [6.45, 7) is 0.823. The Labute approximate surface area is 142 Å². The summed E-state index contributed by atoms with van der Waals surface area (Å²) in [4.78, 5) is 13.8.